The fraction of sp³-hybridized carbons (Fsp3) is 0.263. The topological polar surface area (TPSA) is 49.7 Å². The van der Waals surface area contributed by atoms with Gasteiger partial charge in [0, 0.05) is 0 Å². The standard InChI is InChI=1S/C19H22O3/c20-14-4-7-19(22-15-17-5-2-1-3-6-17)13-10-16-8-11-18(21)12-9-16/h1-9,11-12,19-21H,10,13-15H2. The molecule has 116 valence electrons. The third-order valence-electron chi connectivity index (χ3n) is 3.42. The second-order valence-electron chi connectivity index (χ2n) is 5.15. The number of hydrogen-bond donors (Lipinski definition) is 2. The summed E-state index contributed by atoms with van der Waals surface area (Å²) in [4.78, 5) is 0. The molecule has 0 bridgehead atoms. The van der Waals surface area contributed by atoms with Crippen molar-refractivity contribution >= 4 is 0 Å². The number of hydrogen-bond acceptors (Lipinski definition) is 3. The van der Waals surface area contributed by atoms with Crippen LogP contribution < -0.4 is 0 Å². The van der Waals surface area contributed by atoms with Crippen molar-refractivity contribution in [2.24, 2.45) is 0 Å². The maximum atomic E-state index is 9.30. The molecule has 0 heterocycles. The zero-order valence-corrected chi connectivity index (χ0v) is 12.6. The molecular formula is C19H22O3. The van der Waals surface area contributed by atoms with Gasteiger partial charge in [0.25, 0.3) is 0 Å². The summed E-state index contributed by atoms with van der Waals surface area (Å²) in [6.07, 6.45) is 5.26. The molecule has 0 saturated carbocycles. The van der Waals surface area contributed by atoms with E-state index in [1.54, 1.807) is 18.2 Å². The molecule has 2 N–H and O–H groups in total. The molecule has 1 unspecified atom stereocenters. The van der Waals surface area contributed by atoms with Gasteiger partial charge in [0.05, 0.1) is 19.3 Å². The molecular weight excluding hydrogens is 276 g/mol. The van der Waals surface area contributed by atoms with E-state index in [0.29, 0.717) is 6.61 Å². The van der Waals surface area contributed by atoms with E-state index in [1.807, 2.05) is 48.5 Å². The summed E-state index contributed by atoms with van der Waals surface area (Å²) < 4.78 is 5.93. The molecule has 0 saturated heterocycles. The van der Waals surface area contributed by atoms with Crippen LogP contribution in [0.15, 0.2) is 66.7 Å². The molecule has 1 atom stereocenters. The van der Waals surface area contributed by atoms with Crippen molar-refractivity contribution in [1.82, 2.24) is 0 Å². The largest absolute Gasteiger partial charge is 0.508 e. The number of aliphatic hydroxyl groups excluding tert-OH is 1. The van der Waals surface area contributed by atoms with Crippen molar-refractivity contribution in [1.29, 1.82) is 0 Å². The van der Waals surface area contributed by atoms with Crippen LogP contribution in [-0.2, 0) is 17.8 Å². The van der Waals surface area contributed by atoms with Crippen molar-refractivity contribution < 1.29 is 14.9 Å². The summed E-state index contributed by atoms with van der Waals surface area (Å²) in [5.41, 5.74) is 2.29. The lowest BCUT2D eigenvalue weighted by atomic mass is 10.1. The molecule has 0 aliphatic rings. The molecule has 0 aromatic heterocycles. The first-order chi connectivity index (χ1) is 10.8. The zero-order chi connectivity index (χ0) is 15.6. The highest BCUT2D eigenvalue weighted by molar-refractivity contribution is 5.26. The number of ether oxygens (including phenoxy) is 1. The summed E-state index contributed by atoms with van der Waals surface area (Å²) in [6.45, 7) is 0.571. The SMILES string of the molecule is OCC=CC(CCc1ccc(O)cc1)OCc1ccccc1. The quantitative estimate of drug-likeness (QED) is 0.734. The van der Waals surface area contributed by atoms with Gasteiger partial charge in [0.15, 0.2) is 0 Å². The Kier molecular flexibility index (Phi) is 6.68. The Balaban J connectivity index is 1.88. The zero-order valence-electron chi connectivity index (χ0n) is 12.6. The summed E-state index contributed by atoms with van der Waals surface area (Å²) in [5, 5.41) is 18.2. The highest BCUT2D eigenvalue weighted by atomic mass is 16.5. The van der Waals surface area contributed by atoms with E-state index in [-0.39, 0.29) is 18.5 Å². The van der Waals surface area contributed by atoms with Gasteiger partial charge in [-0.2, -0.15) is 0 Å². The van der Waals surface area contributed by atoms with E-state index >= 15 is 0 Å². The third kappa shape index (κ3) is 5.72. The Morgan fingerprint density at radius 1 is 0.955 bits per heavy atom. The van der Waals surface area contributed by atoms with Crippen LogP contribution in [0.5, 0.6) is 5.75 Å². The minimum atomic E-state index is -0.0406. The Morgan fingerprint density at radius 2 is 1.68 bits per heavy atom. The molecule has 2 aromatic rings. The monoisotopic (exact) mass is 298 g/mol. The summed E-state index contributed by atoms with van der Waals surface area (Å²) in [6, 6.07) is 17.3. The number of phenols is 1. The van der Waals surface area contributed by atoms with Gasteiger partial charge in [-0.1, -0.05) is 54.6 Å². The van der Waals surface area contributed by atoms with Crippen LogP contribution in [0.25, 0.3) is 0 Å². The first-order valence-corrected chi connectivity index (χ1v) is 7.49. The fourth-order valence-electron chi connectivity index (χ4n) is 2.20. The summed E-state index contributed by atoms with van der Waals surface area (Å²) >= 11 is 0. The first kappa shape index (κ1) is 16.3. The Bertz CT molecular complexity index is 561. The molecule has 2 aromatic carbocycles. The van der Waals surface area contributed by atoms with Crippen molar-refractivity contribution in [3.8, 4) is 5.75 Å². The molecule has 3 heteroatoms. The van der Waals surface area contributed by atoms with Crippen LogP contribution in [0.3, 0.4) is 0 Å². The van der Waals surface area contributed by atoms with Crippen molar-refractivity contribution in [3.05, 3.63) is 77.9 Å². The average molecular weight is 298 g/mol. The van der Waals surface area contributed by atoms with Gasteiger partial charge in [0.1, 0.15) is 5.75 Å². The molecule has 0 amide bonds. The Labute approximate surface area is 131 Å². The molecule has 3 nitrogen and oxygen atoms in total. The van der Waals surface area contributed by atoms with Gasteiger partial charge in [-0.15, -0.1) is 0 Å². The molecule has 0 radical (unpaired) electrons. The van der Waals surface area contributed by atoms with Crippen molar-refractivity contribution in [3.63, 3.8) is 0 Å². The summed E-state index contributed by atoms with van der Waals surface area (Å²) in [5.74, 6) is 0.279. The third-order valence-corrected chi connectivity index (χ3v) is 3.42. The van der Waals surface area contributed by atoms with Crippen molar-refractivity contribution in [2.45, 2.75) is 25.6 Å². The smallest absolute Gasteiger partial charge is 0.115 e. The number of aromatic hydroxyl groups is 1. The van der Waals surface area contributed by atoms with E-state index in [2.05, 4.69) is 0 Å². The normalized spacial score (nSPS) is 12.6. The minimum absolute atomic E-state index is 0.0183. The predicted octanol–water partition coefficient (Wildman–Crippen LogP) is 3.46. The van der Waals surface area contributed by atoms with E-state index in [4.69, 9.17) is 9.84 Å². The van der Waals surface area contributed by atoms with Crippen LogP contribution >= 0.6 is 0 Å². The number of benzene rings is 2. The number of aliphatic hydroxyl groups is 1. The molecule has 2 rings (SSSR count). The second kappa shape index (κ2) is 9.03. The molecule has 0 spiro atoms. The van der Waals surface area contributed by atoms with Gasteiger partial charge in [0.2, 0.25) is 0 Å². The first-order valence-electron chi connectivity index (χ1n) is 7.49. The van der Waals surface area contributed by atoms with Crippen LogP contribution in [0, 0.1) is 0 Å². The van der Waals surface area contributed by atoms with Gasteiger partial charge in [-0.25, -0.2) is 0 Å². The Hall–Kier alpha value is -2.10. The van der Waals surface area contributed by atoms with E-state index in [9.17, 15) is 5.11 Å². The van der Waals surface area contributed by atoms with Crippen LogP contribution in [0.4, 0.5) is 0 Å². The fourth-order valence-corrected chi connectivity index (χ4v) is 2.20. The van der Waals surface area contributed by atoms with Gasteiger partial charge >= 0.3 is 0 Å². The highest BCUT2D eigenvalue weighted by Crippen LogP contribution is 2.14. The van der Waals surface area contributed by atoms with Gasteiger partial charge in [-0.05, 0) is 36.1 Å². The molecule has 0 aliphatic heterocycles. The van der Waals surface area contributed by atoms with E-state index in [0.717, 1.165) is 24.0 Å². The lowest BCUT2D eigenvalue weighted by molar-refractivity contribution is 0.0663. The number of rotatable bonds is 8. The summed E-state index contributed by atoms with van der Waals surface area (Å²) in [7, 11) is 0. The molecule has 0 fully saturated rings. The van der Waals surface area contributed by atoms with Crippen molar-refractivity contribution in [2.75, 3.05) is 6.61 Å². The highest BCUT2D eigenvalue weighted by Gasteiger charge is 2.06. The number of phenolic OH excluding ortho intramolecular Hbond substituents is 1. The van der Waals surface area contributed by atoms with E-state index < -0.39 is 0 Å². The second-order valence-corrected chi connectivity index (χ2v) is 5.15. The molecule has 22 heavy (non-hydrogen) atoms. The Morgan fingerprint density at radius 3 is 2.36 bits per heavy atom. The maximum absolute atomic E-state index is 9.30. The minimum Gasteiger partial charge on any atom is -0.508 e. The van der Waals surface area contributed by atoms with E-state index in [1.165, 1.54) is 0 Å². The van der Waals surface area contributed by atoms with Gasteiger partial charge < -0.3 is 14.9 Å². The lowest BCUT2D eigenvalue weighted by Crippen LogP contribution is -2.11. The van der Waals surface area contributed by atoms with Gasteiger partial charge in [-0.3, -0.25) is 0 Å². The lowest BCUT2D eigenvalue weighted by Gasteiger charge is -2.14. The maximum Gasteiger partial charge on any atom is 0.115 e. The number of aryl methyl sites for hydroxylation is 1. The molecule has 0 aliphatic carbocycles. The average Bonchev–Trinajstić information content (AvgIpc) is 2.56. The predicted molar refractivity (Wildman–Crippen MR) is 87.7 cm³/mol. The van der Waals surface area contributed by atoms with Crippen LogP contribution in [0.2, 0.25) is 0 Å². The van der Waals surface area contributed by atoms with Crippen LogP contribution in [-0.4, -0.2) is 22.9 Å². The van der Waals surface area contributed by atoms with Crippen LogP contribution in [0.1, 0.15) is 17.5 Å².